The Hall–Kier alpha value is -2.26. The first-order valence-electron chi connectivity index (χ1n) is 9.85. The van der Waals surface area contributed by atoms with Crippen molar-refractivity contribution in [3.63, 3.8) is 0 Å². The molecule has 0 saturated carbocycles. The van der Waals surface area contributed by atoms with Gasteiger partial charge in [0.2, 0.25) is 5.91 Å². The molecule has 1 aliphatic heterocycles. The second-order valence-electron chi connectivity index (χ2n) is 7.73. The number of aliphatic carboxylic acids is 1. The maximum atomic E-state index is 12.4. The summed E-state index contributed by atoms with van der Waals surface area (Å²) in [5, 5.41) is 54.0. The van der Waals surface area contributed by atoms with E-state index in [1.165, 1.54) is 6.20 Å². The highest BCUT2D eigenvalue weighted by Gasteiger charge is 2.63. The summed E-state index contributed by atoms with van der Waals surface area (Å²) >= 11 is 3.33. The number of carbonyl (C=O) groups excluding carboxylic acids is 1. The molecular weight excluding hydrogens is 508 g/mol. The molecule has 6 atom stereocenters. The zero-order valence-corrected chi connectivity index (χ0v) is 19.3. The van der Waals surface area contributed by atoms with Gasteiger partial charge in [0.05, 0.1) is 13.0 Å². The van der Waals surface area contributed by atoms with Gasteiger partial charge in [0.25, 0.3) is 0 Å². The minimum atomic E-state index is -2.61. The molecule has 182 valence electrons. The third-order valence-corrected chi connectivity index (χ3v) is 5.96. The number of amides is 1. The van der Waals surface area contributed by atoms with Crippen LogP contribution in [0.4, 0.5) is 0 Å². The van der Waals surface area contributed by atoms with Crippen LogP contribution in [0.15, 0.2) is 28.9 Å². The molecule has 1 aliphatic rings. The number of aliphatic hydroxyl groups excluding tert-OH is 3. The Morgan fingerprint density at radius 1 is 1.39 bits per heavy atom. The van der Waals surface area contributed by atoms with Gasteiger partial charge in [-0.25, -0.2) is 4.79 Å². The summed E-state index contributed by atoms with van der Waals surface area (Å²) in [4.78, 5) is 27.1. The highest BCUT2D eigenvalue weighted by molar-refractivity contribution is 9.10. The molecule has 1 fully saturated rings. The van der Waals surface area contributed by atoms with Gasteiger partial charge in [-0.15, -0.1) is 0 Å². The van der Waals surface area contributed by atoms with Crippen molar-refractivity contribution in [2.45, 2.75) is 49.3 Å². The second kappa shape index (κ2) is 9.54. The SMILES string of the molecule is CO[C@]1(O)C[C@@](Oc2c[nH]c3ccc(Br)cc23)(C(=O)O)O[C@@H]([C@H](O)[C@H](O)CO)[C@@H]1NC(C)=O. The largest absolute Gasteiger partial charge is 0.476 e. The highest BCUT2D eigenvalue weighted by atomic mass is 79.9. The van der Waals surface area contributed by atoms with Gasteiger partial charge in [0, 0.05) is 35.6 Å². The van der Waals surface area contributed by atoms with E-state index in [1.54, 1.807) is 18.2 Å². The van der Waals surface area contributed by atoms with Crippen LogP contribution >= 0.6 is 15.9 Å². The molecule has 33 heavy (non-hydrogen) atoms. The monoisotopic (exact) mass is 532 g/mol. The lowest BCUT2D eigenvalue weighted by molar-refractivity contribution is -0.349. The summed E-state index contributed by atoms with van der Waals surface area (Å²) in [5.74, 6) is -7.28. The van der Waals surface area contributed by atoms with Gasteiger partial charge >= 0.3 is 11.8 Å². The molecule has 12 nitrogen and oxygen atoms in total. The van der Waals surface area contributed by atoms with Crippen LogP contribution in [0.5, 0.6) is 5.75 Å². The van der Waals surface area contributed by atoms with Crippen LogP contribution in [0.3, 0.4) is 0 Å². The van der Waals surface area contributed by atoms with Crippen LogP contribution < -0.4 is 10.1 Å². The van der Waals surface area contributed by atoms with E-state index >= 15 is 0 Å². The fourth-order valence-corrected chi connectivity index (χ4v) is 4.16. The van der Waals surface area contributed by atoms with Crippen molar-refractivity contribution in [3.8, 4) is 5.75 Å². The molecule has 3 rings (SSSR count). The fraction of sp³-hybridized carbons (Fsp3) is 0.500. The Balaban J connectivity index is 2.11. The van der Waals surface area contributed by atoms with Crippen molar-refractivity contribution in [1.29, 1.82) is 0 Å². The Kier molecular flexibility index (Phi) is 7.33. The predicted octanol–water partition coefficient (Wildman–Crippen LogP) is -0.567. The van der Waals surface area contributed by atoms with Crippen LogP contribution in [-0.2, 0) is 19.1 Å². The number of ether oxygens (including phenoxy) is 3. The standard InChI is InChI=1S/C20H25BrN2O10/c1-9(25)23-17-16(15(27)13(26)7-24)33-20(18(28)29,8-19(17,30)31-2)32-14-6-22-12-4-3-10(21)5-11(12)14/h3-6,13,15-17,22,24,26-27,30H,7-8H2,1-2H3,(H,23,25)(H,28,29)/t13-,15-,16+,17+,19-,20+/m1/s1. The molecule has 0 spiro atoms. The second-order valence-corrected chi connectivity index (χ2v) is 8.65. The maximum Gasteiger partial charge on any atom is 0.377 e. The number of hydrogen-bond acceptors (Lipinski definition) is 9. The number of methoxy groups -OCH3 is 1. The number of aromatic amines is 1. The zero-order valence-electron chi connectivity index (χ0n) is 17.7. The Bertz CT molecular complexity index is 1030. The molecule has 1 saturated heterocycles. The zero-order chi connectivity index (χ0) is 24.6. The summed E-state index contributed by atoms with van der Waals surface area (Å²) < 4.78 is 17.3. The van der Waals surface area contributed by atoms with E-state index in [1.807, 2.05) is 0 Å². The van der Waals surface area contributed by atoms with Crippen LogP contribution in [-0.4, -0.2) is 92.0 Å². The molecule has 2 aromatic rings. The molecule has 1 amide bonds. The number of H-pyrrole nitrogens is 1. The van der Waals surface area contributed by atoms with Gasteiger partial charge in [-0.3, -0.25) is 4.79 Å². The maximum absolute atomic E-state index is 12.4. The van der Waals surface area contributed by atoms with Gasteiger partial charge in [-0.2, -0.15) is 0 Å². The first-order chi connectivity index (χ1) is 15.5. The minimum Gasteiger partial charge on any atom is -0.476 e. The Labute approximate surface area is 196 Å². The number of carboxylic acid groups (broad SMARTS) is 1. The van der Waals surface area contributed by atoms with E-state index in [2.05, 4.69) is 26.2 Å². The van der Waals surface area contributed by atoms with Crippen molar-refractivity contribution in [2.75, 3.05) is 13.7 Å². The van der Waals surface area contributed by atoms with Gasteiger partial charge < -0.3 is 50.0 Å². The van der Waals surface area contributed by atoms with Gasteiger partial charge in [-0.05, 0) is 18.2 Å². The van der Waals surface area contributed by atoms with Crippen LogP contribution in [0.2, 0.25) is 0 Å². The van der Waals surface area contributed by atoms with Gasteiger partial charge in [-0.1, -0.05) is 15.9 Å². The molecule has 0 bridgehead atoms. The smallest absolute Gasteiger partial charge is 0.377 e. The first-order valence-corrected chi connectivity index (χ1v) is 10.6. The number of carboxylic acids is 1. The molecule has 1 aromatic carbocycles. The van der Waals surface area contributed by atoms with Crippen molar-refractivity contribution in [3.05, 3.63) is 28.9 Å². The lowest BCUT2D eigenvalue weighted by Crippen LogP contribution is -2.74. The number of halogens is 1. The van der Waals surface area contributed by atoms with Crippen molar-refractivity contribution >= 4 is 38.7 Å². The normalized spacial score (nSPS) is 29.4. The molecule has 2 heterocycles. The number of benzene rings is 1. The Morgan fingerprint density at radius 3 is 2.67 bits per heavy atom. The molecule has 0 radical (unpaired) electrons. The van der Waals surface area contributed by atoms with E-state index < -0.39 is 60.8 Å². The fourth-order valence-electron chi connectivity index (χ4n) is 3.80. The quantitative estimate of drug-likeness (QED) is 0.216. The van der Waals surface area contributed by atoms with Crippen molar-refractivity contribution in [1.82, 2.24) is 10.3 Å². The number of aromatic nitrogens is 1. The van der Waals surface area contributed by atoms with E-state index in [9.17, 15) is 35.1 Å². The molecular formula is C20H25BrN2O10. The number of hydrogen-bond donors (Lipinski definition) is 7. The van der Waals surface area contributed by atoms with Crippen LogP contribution in [0.1, 0.15) is 13.3 Å². The molecule has 13 heteroatoms. The van der Waals surface area contributed by atoms with Gasteiger partial charge in [0.1, 0.15) is 30.1 Å². The van der Waals surface area contributed by atoms with Crippen molar-refractivity contribution < 1.29 is 49.3 Å². The number of nitrogens with one attached hydrogen (secondary N) is 2. The van der Waals surface area contributed by atoms with Crippen LogP contribution in [0.25, 0.3) is 10.9 Å². The molecule has 0 unspecified atom stereocenters. The summed E-state index contributed by atoms with van der Waals surface area (Å²) in [7, 11) is 1.07. The Morgan fingerprint density at radius 2 is 2.09 bits per heavy atom. The number of aliphatic hydroxyl groups is 4. The summed E-state index contributed by atoms with van der Waals surface area (Å²) in [6.07, 6.45) is -4.92. The van der Waals surface area contributed by atoms with E-state index in [4.69, 9.17) is 14.2 Å². The lowest BCUT2D eigenvalue weighted by atomic mass is 9.85. The number of fused-ring (bicyclic) bond motifs is 1. The van der Waals surface area contributed by atoms with E-state index in [-0.39, 0.29) is 5.75 Å². The summed E-state index contributed by atoms with van der Waals surface area (Å²) in [5.41, 5.74) is 0.620. The van der Waals surface area contributed by atoms with E-state index in [0.717, 1.165) is 14.0 Å². The predicted molar refractivity (Wildman–Crippen MR) is 115 cm³/mol. The lowest BCUT2D eigenvalue weighted by Gasteiger charge is -2.50. The average Bonchev–Trinajstić information content (AvgIpc) is 3.15. The topological polar surface area (TPSA) is 191 Å². The number of rotatable bonds is 8. The summed E-state index contributed by atoms with van der Waals surface area (Å²) in [6, 6.07) is 3.63. The highest BCUT2D eigenvalue weighted by Crippen LogP contribution is 2.41. The third kappa shape index (κ3) is 4.84. The minimum absolute atomic E-state index is 0.0566. The summed E-state index contributed by atoms with van der Waals surface area (Å²) in [6.45, 7) is 0.220. The first kappa shape index (κ1) is 25.4. The third-order valence-electron chi connectivity index (χ3n) is 5.46. The molecule has 0 aliphatic carbocycles. The molecule has 7 N–H and O–H groups in total. The van der Waals surface area contributed by atoms with Gasteiger partial charge in [0.15, 0.2) is 5.79 Å². The van der Waals surface area contributed by atoms with Crippen LogP contribution in [0, 0.1) is 0 Å². The molecule has 1 aromatic heterocycles. The number of carbonyl (C=O) groups is 2. The van der Waals surface area contributed by atoms with E-state index in [0.29, 0.717) is 15.4 Å². The van der Waals surface area contributed by atoms with Crippen molar-refractivity contribution in [2.24, 2.45) is 0 Å². The average molecular weight is 533 g/mol.